The Morgan fingerprint density at radius 2 is 1.88 bits per heavy atom. The zero-order valence-electron chi connectivity index (χ0n) is 14.0. The molecule has 4 rings (SSSR count). The summed E-state index contributed by atoms with van der Waals surface area (Å²) >= 11 is 6.15. The van der Waals surface area contributed by atoms with E-state index in [0.29, 0.717) is 35.8 Å². The molecule has 132 valence electrons. The molecule has 0 saturated carbocycles. The first kappa shape index (κ1) is 16.4. The van der Waals surface area contributed by atoms with Crippen LogP contribution in [-0.2, 0) is 0 Å². The lowest BCUT2D eigenvalue weighted by molar-refractivity contribution is 0.171. The van der Waals surface area contributed by atoms with Gasteiger partial charge in [0.1, 0.15) is 13.2 Å². The van der Waals surface area contributed by atoms with E-state index in [4.69, 9.17) is 21.1 Å². The second kappa shape index (κ2) is 7.05. The van der Waals surface area contributed by atoms with Crippen molar-refractivity contribution in [1.82, 2.24) is 15.2 Å². The monoisotopic (exact) mass is 369 g/mol. The highest BCUT2D eigenvalue weighted by molar-refractivity contribution is 6.31. The van der Waals surface area contributed by atoms with E-state index in [1.165, 1.54) is 0 Å². The maximum absolute atomic E-state index is 6.15. The smallest absolute Gasteiger partial charge is 0.249 e. The van der Waals surface area contributed by atoms with Crippen molar-refractivity contribution in [2.45, 2.75) is 6.92 Å². The highest BCUT2D eigenvalue weighted by atomic mass is 35.5. The zero-order valence-corrected chi connectivity index (χ0v) is 14.7. The molecule has 1 aliphatic rings. The van der Waals surface area contributed by atoms with Crippen molar-refractivity contribution in [3.8, 4) is 11.5 Å². The Hall–Kier alpha value is -3.06. The van der Waals surface area contributed by atoms with Gasteiger partial charge in [-0.3, -0.25) is 0 Å². The summed E-state index contributed by atoms with van der Waals surface area (Å²) in [6.07, 6.45) is 1.55. The van der Waals surface area contributed by atoms with Crippen molar-refractivity contribution in [3.05, 3.63) is 53.2 Å². The summed E-state index contributed by atoms with van der Waals surface area (Å²) in [4.78, 5) is 4.44. The molecular formula is C18H16ClN5O2. The van der Waals surface area contributed by atoms with Gasteiger partial charge in [-0.05, 0) is 36.8 Å². The maximum atomic E-state index is 6.15. The Kier molecular flexibility index (Phi) is 4.45. The van der Waals surface area contributed by atoms with Gasteiger partial charge in [0.05, 0.1) is 6.20 Å². The minimum absolute atomic E-state index is 0.367. The molecule has 0 spiro atoms. The van der Waals surface area contributed by atoms with E-state index in [1.54, 1.807) is 6.20 Å². The molecule has 0 radical (unpaired) electrons. The number of nitrogens with zero attached hydrogens (tertiary/aromatic N) is 3. The number of nitrogens with one attached hydrogen (secondary N) is 2. The van der Waals surface area contributed by atoms with Crippen LogP contribution >= 0.6 is 11.6 Å². The molecule has 8 heteroatoms. The predicted octanol–water partition coefficient (Wildman–Crippen LogP) is 4.09. The molecule has 7 nitrogen and oxygen atoms in total. The van der Waals surface area contributed by atoms with Crippen molar-refractivity contribution in [1.29, 1.82) is 0 Å². The van der Waals surface area contributed by atoms with Crippen LogP contribution in [0, 0.1) is 6.92 Å². The standard InChI is InChI=1S/C18H16ClN5O2/c1-11-13(19)3-2-4-14(11)22-17-10-20-24-18(23-17)21-12-5-6-15-16(9-12)26-8-7-25-15/h2-6,9-10H,7-8H2,1H3,(H2,21,22,23,24). The SMILES string of the molecule is Cc1c(Cl)cccc1Nc1cnnc(Nc2ccc3c(c2)OCCO3)n1. The van der Waals surface area contributed by atoms with Gasteiger partial charge in [0.25, 0.3) is 0 Å². The second-order valence-electron chi connectivity index (χ2n) is 5.69. The van der Waals surface area contributed by atoms with Crippen LogP contribution in [0.5, 0.6) is 11.5 Å². The van der Waals surface area contributed by atoms with E-state index >= 15 is 0 Å². The van der Waals surface area contributed by atoms with Gasteiger partial charge >= 0.3 is 0 Å². The molecule has 1 aromatic heterocycles. The lowest BCUT2D eigenvalue weighted by Crippen LogP contribution is -2.15. The summed E-state index contributed by atoms with van der Waals surface area (Å²) in [5.74, 6) is 2.35. The topological polar surface area (TPSA) is 81.2 Å². The van der Waals surface area contributed by atoms with Crippen molar-refractivity contribution < 1.29 is 9.47 Å². The number of anilines is 4. The third-order valence-electron chi connectivity index (χ3n) is 3.89. The Morgan fingerprint density at radius 1 is 1.04 bits per heavy atom. The Bertz CT molecular complexity index is 951. The Balaban J connectivity index is 1.53. The highest BCUT2D eigenvalue weighted by Crippen LogP contribution is 2.33. The van der Waals surface area contributed by atoms with Crippen LogP contribution in [0.1, 0.15) is 5.56 Å². The summed E-state index contributed by atoms with van der Waals surface area (Å²) < 4.78 is 11.1. The Morgan fingerprint density at radius 3 is 2.77 bits per heavy atom. The highest BCUT2D eigenvalue weighted by Gasteiger charge is 2.12. The lowest BCUT2D eigenvalue weighted by Gasteiger charge is -2.19. The normalized spacial score (nSPS) is 12.5. The van der Waals surface area contributed by atoms with Gasteiger partial charge in [-0.1, -0.05) is 17.7 Å². The number of ether oxygens (including phenoxy) is 2. The third-order valence-corrected chi connectivity index (χ3v) is 4.30. The van der Waals surface area contributed by atoms with Crippen LogP contribution in [0.4, 0.5) is 23.1 Å². The molecule has 3 aromatic rings. The lowest BCUT2D eigenvalue weighted by atomic mass is 10.2. The number of aromatic nitrogens is 3. The van der Waals surface area contributed by atoms with E-state index in [-0.39, 0.29) is 0 Å². The van der Waals surface area contributed by atoms with Crippen molar-refractivity contribution in [2.75, 3.05) is 23.8 Å². The van der Waals surface area contributed by atoms with Crippen LogP contribution in [0.3, 0.4) is 0 Å². The fourth-order valence-corrected chi connectivity index (χ4v) is 2.72. The molecule has 0 saturated heterocycles. The fourth-order valence-electron chi connectivity index (χ4n) is 2.55. The molecule has 2 aromatic carbocycles. The minimum atomic E-state index is 0.367. The molecular weight excluding hydrogens is 354 g/mol. The van der Waals surface area contributed by atoms with Crippen molar-refractivity contribution in [2.24, 2.45) is 0 Å². The number of benzene rings is 2. The zero-order chi connectivity index (χ0) is 17.9. The van der Waals surface area contributed by atoms with Gasteiger partial charge in [-0.2, -0.15) is 10.1 Å². The van der Waals surface area contributed by atoms with E-state index in [0.717, 1.165) is 22.7 Å². The first-order chi connectivity index (χ1) is 12.7. The van der Waals surface area contributed by atoms with E-state index in [1.807, 2.05) is 43.3 Å². The van der Waals surface area contributed by atoms with Gasteiger partial charge in [0, 0.05) is 22.5 Å². The molecule has 1 aliphatic heterocycles. The number of hydrogen-bond acceptors (Lipinski definition) is 7. The summed E-state index contributed by atoms with van der Waals surface area (Å²) in [6.45, 7) is 3.03. The molecule has 0 aliphatic carbocycles. The molecule has 0 fully saturated rings. The summed E-state index contributed by atoms with van der Waals surface area (Å²) in [5, 5.41) is 15.0. The first-order valence-corrected chi connectivity index (χ1v) is 8.45. The molecule has 2 heterocycles. The second-order valence-corrected chi connectivity index (χ2v) is 6.09. The molecule has 0 amide bonds. The number of hydrogen-bond donors (Lipinski definition) is 2. The third kappa shape index (κ3) is 3.48. The molecule has 0 unspecified atom stereocenters. The number of fused-ring (bicyclic) bond motifs is 1. The quantitative estimate of drug-likeness (QED) is 0.716. The van der Waals surface area contributed by atoms with Gasteiger partial charge < -0.3 is 20.1 Å². The average Bonchev–Trinajstić information content (AvgIpc) is 2.66. The van der Waals surface area contributed by atoms with Gasteiger partial charge in [0.15, 0.2) is 17.3 Å². The molecule has 0 bridgehead atoms. The maximum Gasteiger partial charge on any atom is 0.249 e. The van der Waals surface area contributed by atoms with E-state index in [2.05, 4.69) is 25.8 Å². The van der Waals surface area contributed by atoms with Gasteiger partial charge in [-0.25, -0.2) is 0 Å². The van der Waals surface area contributed by atoms with Crippen molar-refractivity contribution >= 4 is 34.7 Å². The minimum Gasteiger partial charge on any atom is -0.486 e. The fraction of sp³-hybridized carbons (Fsp3) is 0.167. The van der Waals surface area contributed by atoms with Gasteiger partial charge in [0.2, 0.25) is 5.95 Å². The van der Waals surface area contributed by atoms with Crippen LogP contribution in [0.2, 0.25) is 5.02 Å². The predicted molar refractivity (Wildman–Crippen MR) is 100 cm³/mol. The van der Waals surface area contributed by atoms with E-state index in [9.17, 15) is 0 Å². The first-order valence-electron chi connectivity index (χ1n) is 8.07. The molecule has 26 heavy (non-hydrogen) atoms. The number of rotatable bonds is 4. The van der Waals surface area contributed by atoms with Gasteiger partial charge in [-0.15, -0.1) is 5.10 Å². The average molecular weight is 370 g/mol. The van der Waals surface area contributed by atoms with Crippen molar-refractivity contribution in [3.63, 3.8) is 0 Å². The van der Waals surface area contributed by atoms with E-state index < -0.39 is 0 Å². The largest absolute Gasteiger partial charge is 0.486 e. The molecule has 0 atom stereocenters. The van der Waals surface area contributed by atoms with Crippen LogP contribution in [-0.4, -0.2) is 28.4 Å². The molecule has 2 N–H and O–H groups in total. The van der Waals surface area contributed by atoms with Crippen LogP contribution in [0.25, 0.3) is 0 Å². The summed E-state index contributed by atoms with van der Waals surface area (Å²) in [5.41, 5.74) is 2.59. The summed E-state index contributed by atoms with van der Waals surface area (Å²) in [6, 6.07) is 11.2. The van der Waals surface area contributed by atoms with Crippen LogP contribution < -0.4 is 20.1 Å². The number of halogens is 1. The van der Waals surface area contributed by atoms with Crippen LogP contribution in [0.15, 0.2) is 42.6 Å². The summed E-state index contributed by atoms with van der Waals surface area (Å²) in [7, 11) is 0. The Labute approximate surface area is 155 Å².